The van der Waals surface area contributed by atoms with E-state index >= 15 is 0 Å². The van der Waals surface area contributed by atoms with Crippen molar-refractivity contribution < 1.29 is 24.5 Å². The minimum atomic E-state index is -4.36. The van der Waals surface area contributed by atoms with Crippen LogP contribution in [0.1, 0.15) is 23.0 Å². The van der Waals surface area contributed by atoms with Crippen LogP contribution in [0.5, 0.6) is 0 Å². The monoisotopic (exact) mass is 321 g/mol. The van der Waals surface area contributed by atoms with Crippen LogP contribution in [0.2, 0.25) is 0 Å². The number of benzene rings is 2. The fourth-order valence-corrected chi connectivity index (χ4v) is 3.35. The molecule has 0 saturated heterocycles. The number of hydrogen-bond donors (Lipinski definition) is 4. The Hall–Kier alpha value is -1.98. The highest BCUT2D eigenvalue weighted by molar-refractivity contribution is 7.56. The van der Waals surface area contributed by atoms with Crippen LogP contribution in [0.3, 0.4) is 0 Å². The van der Waals surface area contributed by atoms with Crippen LogP contribution in [-0.2, 0) is 9.36 Å². The van der Waals surface area contributed by atoms with E-state index in [1.807, 2.05) is 0 Å². The second-order valence-corrected chi connectivity index (χ2v) is 6.71. The van der Waals surface area contributed by atoms with Gasteiger partial charge < -0.3 is 15.1 Å². The summed E-state index contributed by atoms with van der Waals surface area (Å²) in [6, 6.07) is 14.6. The largest absolute Gasteiger partial charge is 0.480 e. The van der Waals surface area contributed by atoms with E-state index in [0.29, 0.717) is 5.56 Å². The number of carboxylic acid groups (broad SMARTS) is 1. The lowest BCUT2D eigenvalue weighted by atomic mass is 10.1. The Morgan fingerprint density at radius 2 is 1.41 bits per heavy atom. The topological polar surface area (TPSA) is 107 Å². The maximum atomic E-state index is 12.3. The maximum absolute atomic E-state index is 12.3. The molecule has 2 aromatic carbocycles. The standard InChI is InChI=1S/C15H16NO5P/c17-14(18)13(11-7-3-1-4-8-11)16-22(20,21)15(19)12-9-5-2-6-10-12/h1-10,13,15,19H,(H,17,18)(H2,16,20,21). The first-order valence-electron chi connectivity index (χ1n) is 6.53. The normalized spacial score (nSPS) is 16.5. The van der Waals surface area contributed by atoms with E-state index in [4.69, 9.17) is 0 Å². The molecule has 6 nitrogen and oxygen atoms in total. The van der Waals surface area contributed by atoms with Gasteiger partial charge in [-0.15, -0.1) is 0 Å². The number of aliphatic carboxylic acids is 1. The minimum Gasteiger partial charge on any atom is -0.480 e. The summed E-state index contributed by atoms with van der Waals surface area (Å²) >= 11 is 0. The molecule has 0 aromatic heterocycles. The highest BCUT2D eigenvalue weighted by Crippen LogP contribution is 2.51. The molecule has 0 aliphatic carbocycles. The quantitative estimate of drug-likeness (QED) is 0.608. The molecule has 22 heavy (non-hydrogen) atoms. The molecule has 0 heterocycles. The molecule has 0 aliphatic heterocycles. The van der Waals surface area contributed by atoms with Gasteiger partial charge >= 0.3 is 13.5 Å². The van der Waals surface area contributed by atoms with Crippen molar-refractivity contribution in [2.45, 2.75) is 11.9 Å². The Morgan fingerprint density at radius 3 is 1.86 bits per heavy atom. The second-order valence-electron chi connectivity index (χ2n) is 4.72. The Morgan fingerprint density at radius 1 is 0.955 bits per heavy atom. The van der Waals surface area contributed by atoms with Crippen LogP contribution in [0.15, 0.2) is 60.7 Å². The third-order valence-corrected chi connectivity index (χ3v) is 4.71. The summed E-state index contributed by atoms with van der Waals surface area (Å²) in [4.78, 5) is 21.4. The summed E-state index contributed by atoms with van der Waals surface area (Å²) < 4.78 is 12.3. The molecular formula is C15H16NO5P. The van der Waals surface area contributed by atoms with Crippen LogP contribution in [0, 0.1) is 0 Å². The van der Waals surface area contributed by atoms with Gasteiger partial charge in [-0.2, -0.15) is 0 Å². The van der Waals surface area contributed by atoms with Gasteiger partial charge in [-0.25, -0.2) is 5.09 Å². The van der Waals surface area contributed by atoms with E-state index in [1.165, 1.54) is 24.3 Å². The van der Waals surface area contributed by atoms with Gasteiger partial charge in [0.25, 0.3) is 0 Å². The number of aliphatic hydroxyl groups is 1. The van der Waals surface area contributed by atoms with Gasteiger partial charge in [0.2, 0.25) is 0 Å². The van der Waals surface area contributed by atoms with Crippen molar-refractivity contribution in [2.75, 3.05) is 0 Å². The predicted molar refractivity (Wildman–Crippen MR) is 81.2 cm³/mol. The van der Waals surface area contributed by atoms with E-state index in [0.717, 1.165) is 0 Å². The summed E-state index contributed by atoms with van der Waals surface area (Å²) in [6.45, 7) is 0. The van der Waals surface area contributed by atoms with Gasteiger partial charge in [0.1, 0.15) is 6.04 Å². The molecule has 0 spiro atoms. The van der Waals surface area contributed by atoms with Crippen molar-refractivity contribution in [3.63, 3.8) is 0 Å². The van der Waals surface area contributed by atoms with E-state index in [9.17, 15) is 24.5 Å². The molecule has 2 aromatic rings. The molecule has 2 rings (SSSR count). The molecular weight excluding hydrogens is 305 g/mol. The van der Waals surface area contributed by atoms with Gasteiger partial charge in [0.15, 0.2) is 5.85 Å². The lowest BCUT2D eigenvalue weighted by Crippen LogP contribution is -2.28. The lowest BCUT2D eigenvalue weighted by molar-refractivity contribution is -0.139. The van der Waals surface area contributed by atoms with Gasteiger partial charge in [-0.05, 0) is 11.1 Å². The number of rotatable bonds is 6. The molecule has 3 atom stereocenters. The number of aliphatic hydroxyl groups excluding tert-OH is 1. The third-order valence-electron chi connectivity index (χ3n) is 3.12. The van der Waals surface area contributed by atoms with Gasteiger partial charge in [-0.3, -0.25) is 9.36 Å². The van der Waals surface area contributed by atoms with Crippen molar-refractivity contribution in [1.29, 1.82) is 0 Å². The van der Waals surface area contributed by atoms with E-state index in [-0.39, 0.29) is 5.56 Å². The van der Waals surface area contributed by atoms with Crippen molar-refractivity contribution >= 4 is 13.5 Å². The molecule has 0 radical (unpaired) electrons. The van der Waals surface area contributed by atoms with Crippen molar-refractivity contribution in [3.8, 4) is 0 Å². The van der Waals surface area contributed by atoms with Crippen LogP contribution in [0.4, 0.5) is 0 Å². The van der Waals surface area contributed by atoms with Gasteiger partial charge in [-0.1, -0.05) is 60.7 Å². The summed E-state index contributed by atoms with van der Waals surface area (Å²) in [5, 5.41) is 21.5. The van der Waals surface area contributed by atoms with Crippen LogP contribution in [0.25, 0.3) is 0 Å². The smallest absolute Gasteiger partial charge is 0.325 e. The first-order chi connectivity index (χ1) is 10.4. The molecule has 4 N–H and O–H groups in total. The van der Waals surface area contributed by atoms with E-state index in [1.54, 1.807) is 36.4 Å². The van der Waals surface area contributed by atoms with Crippen LogP contribution in [-0.4, -0.2) is 21.1 Å². The molecule has 0 saturated carbocycles. The fraction of sp³-hybridized carbons (Fsp3) is 0.133. The van der Waals surface area contributed by atoms with Crippen LogP contribution < -0.4 is 5.09 Å². The Bertz CT molecular complexity index is 677. The first-order valence-corrected chi connectivity index (χ1v) is 8.26. The van der Waals surface area contributed by atoms with Crippen LogP contribution >= 0.6 is 7.52 Å². The molecule has 3 unspecified atom stereocenters. The van der Waals surface area contributed by atoms with Crippen molar-refractivity contribution in [2.24, 2.45) is 0 Å². The van der Waals surface area contributed by atoms with Crippen molar-refractivity contribution in [3.05, 3.63) is 71.8 Å². The summed E-state index contributed by atoms with van der Waals surface area (Å²) in [5.74, 6) is -3.01. The zero-order valence-electron chi connectivity index (χ0n) is 11.5. The molecule has 116 valence electrons. The molecule has 0 aliphatic rings. The fourth-order valence-electron chi connectivity index (χ4n) is 2.00. The summed E-state index contributed by atoms with van der Waals surface area (Å²) in [6.07, 6.45) is 0. The minimum absolute atomic E-state index is 0.234. The SMILES string of the molecule is O=C(O)C(NP(=O)(O)C(O)c1ccccc1)c1ccccc1. The molecule has 7 heteroatoms. The van der Waals surface area contributed by atoms with E-state index < -0.39 is 25.4 Å². The highest BCUT2D eigenvalue weighted by atomic mass is 31.2. The number of carbonyl (C=O) groups is 1. The summed E-state index contributed by atoms with van der Waals surface area (Å²) in [5.41, 5.74) is 0.558. The Kier molecular flexibility index (Phi) is 5.11. The van der Waals surface area contributed by atoms with Gasteiger partial charge in [0.05, 0.1) is 0 Å². The highest BCUT2D eigenvalue weighted by Gasteiger charge is 2.35. The maximum Gasteiger partial charge on any atom is 0.325 e. The Labute approximate surface area is 127 Å². The zero-order chi connectivity index (χ0) is 16.2. The van der Waals surface area contributed by atoms with E-state index in [2.05, 4.69) is 5.09 Å². The molecule has 0 amide bonds. The summed E-state index contributed by atoms with van der Waals surface area (Å²) in [7, 11) is -4.36. The lowest BCUT2D eigenvalue weighted by Gasteiger charge is -2.23. The predicted octanol–water partition coefficient (Wildman–Crippen LogP) is 2.28. The number of nitrogens with one attached hydrogen (secondary N) is 1. The zero-order valence-corrected chi connectivity index (χ0v) is 12.4. The average molecular weight is 321 g/mol. The third kappa shape index (κ3) is 3.81. The molecule has 0 bridgehead atoms. The van der Waals surface area contributed by atoms with Gasteiger partial charge in [0, 0.05) is 0 Å². The first kappa shape index (κ1) is 16.4. The number of hydrogen-bond acceptors (Lipinski definition) is 3. The molecule has 0 fully saturated rings. The Balaban J connectivity index is 2.25. The second kappa shape index (κ2) is 6.85. The van der Waals surface area contributed by atoms with Crippen molar-refractivity contribution in [1.82, 2.24) is 5.09 Å². The average Bonchev–Trinajstić information content (AvgIpc) is 2.53. The number of carboxylic acids is 1.